The van der Waals surface area contributed by atoms with Gasteiger partial charge in [0.1, 0.15) is 0 Å². The average molecular weight is 534 g/mol. The summed E-state index contributed by atoms with van der Waals surface area (Å²) < 4.78 is 26.1. The Kier molecular flexibility index (Phi) is 8.20. The molecule has 0 aliphatic rings. The third-order valence-electron chi connectivity index (χ3n) is 5.77. The van der Waals surface area contributed by atoms with Gasteiger partial charge in [-0.1, -0.05) is 86.4 Å². The maximum atomic E-state index is 12.8. The van der Waals surface area contributed by atoms with Crippen LogP contribution in [0.5, 0.6) is 0 Å². The van der Waals surface area contributed by atoms with Crippen molar-refractivity contribution in [1.82, 2.24) is 5.32 Å². The predicted molar refractivity (Wildman–Crippen MR) is 145 cm³/mol. The van der Waals surface area contributed by atoms with Gasteiger partial charge in [-0.2, -0.15) is 0 Å². The Bertz CT molecular complexity index is 1300. The summed E-state index contributed by atoms with van der Waals surface area (Å²) >= 11 is 12.3. The Balaban J connectivity index is 1.73. The van der Waals surface area contributed by atoms with Crippen molar-refractivity contribution in [3.05, 3.63) is 99.0 Å². The summed E-state index contributed by atoms with van der Waals surface area (Å²) in [6, 6.07) is 19.8. The smallest absolute Gasteiger partial charge is 0.251 e. The van der Waals surface area contributed by atoms with Crippen LogP contribution in [0.25, 0.3) is 0 Å². The lowest BCUT2D eigenvalue weighted by atomic mass is 9.86. The molecule has 5 nitrogen and oxygen atoms in total. The molecule has 3 aromatic rings. The van der Waals surface area contributed by atoms with Crippen LogP contribution in [0, 0.1) is 0 Å². The van der Waals surface area contributed by atoms with E-state index in [0.717, 1.165) is 11.8 Å². The van der Waals surface area contributed by atoms with Crippen molar-refractivity contribution in [2.45, 2.75) is 45.7 Å². The maximum absolute atomic E-state index is 12.8. The third kappa shape index (κ3) is 6.78. The van der Waals surface area contributed by atoms with E-state index in [1.165, 1.54) is 9.87 Å². The Morgan fingerprint density at radius 1 is 0.971 bits per heavy atom. The molecule has 1 amide bonds. The number of carbonyl (C=O) groups is 1. The van der Waals surface area contributed by atoms with Crippen LogP contribution in [-0.4, -0.2) is 20.6 Å². The molecule has 3 aromatic carbocycles. The van der Waals surface area contributed by atoms with Crippen LogP contribution < -0.4 is 9.62 Å². The first-order valence-corrected chi connectivity index (χ1v) is 13.8. The lowest BCUT2D eigenvalue weighted by Gasteiger charge is -2.24. The molecule has 35 heavy (non-hydrogen) atoms. The molecule has 1 N–H and O–H groups in total. The Hall–Kier alpha value is -2.54. The summed E-state index contributed by atoms with van der Waals surface area (Å²) in [4.78, 5) is 12.8. The van der Waals surface area contributed by atoms with E-state index in [4.69, 9.17) is 23.2 Å². The number of hydrogen-bond acceptors (Lipinski definition) is 3. The zero-order valence-corrected chi connectivity index (χ0v) is 22.8. The van der Waals surface area contributed by atoms with E-state index < -0.39 is 10.0 Å². The minimum Gasteiger partial charge on any atom is -0.346 e. The summed E-state index contributed by atoms with van der Waals surface area (Å²) in [7, 11) is -3.63. The van der Waals surface area contributed by atoms with Crippen LogP contribution in [0.1, 0.15) is 60.8 Å². The number of carbonyl (C=O) groups excluding carboxylic acids is 1. The third-order valence-corrected chi connectivity index (χ3v) is 7.70. The van der Waals surface area contributed by atoms with Crippen molar-refractivity contribution in [3.63, 3.8) is 0 Å². The van der Waals surface area contributed by atoms with Crippen LogP contribution in [-0.2, 0) is 22.0 Å². The second-order valence-electron chi connectivity index (χ2n) is 9.61. The van der Waals surface area contributed by atoms with E-state index in [2.05, 4.69) is 38.2 Å². The van der Waals surface area contributed by atoms with Gasteiger partial charge >= 0.3 is 0 Å². The number of amides is 1. The normalized spacial score (nSPS) is 12.8. The number of halogens is 2. The highest BCUT2D eigenvalue weighted by molar-refractivity contribution is 7.92. The summed E-state index contributed by atoms with van der Waals surface area (Å²) in [5.74, 6) is -0.207. The van der Waals surface area contributed by atoms with Gasteiger partial charge < -0.3 is 5.32 Å². The Labute approximate surface area is 218 Å². The van der Waals surface area contributed by atoms with E-state index >= 15 is 0 Å². The predicted octanol–water partition coefficient (Wildman–Crippen LogP) is 6.75. The van der Waals surface area contributed by atoms with E-state index in [0.29, 0.717) is 16.8 Å². The highest BCUT2D eigenvalue weighted by Gasteiger charge is 2.22. The Morgan fingerprint density at radius 2 is 1.57 bits per heavy atom. The lowest BCUT2D eigenvalue weighted by Crippen LogP contribution is -2.29. The molecule has 0 saturated carbocycles. The first-order valence-electron chi connectivity index (χ1n) is 11.2. The molecule has 3 rings (SSSR count). The van der Waals surface area contributed by atoms with Crippen LogP contribution in [0.15, 0.2) is 66.7 Å². The van der Waals surface area contributed by atoms with Crippen LogP contribution in [0.3, 0.4) is 0 Å². The van der Waals surface area contributed by atoms with E-state index in [-0.39, 0.29) is 34.0 Å². The van der Waals surface area contributed by atoms with E-state index in [9.17, 15) is 13.2 Å². The molecule has 186 valence electrons. The van der Waals surface area contributed by atoms with Crippen LogP contribution in [0.4, 0.5) is 5.69 Å². The maximum Gasteiger partial charge on any atom is 0.251 e. The topological polar surface area (TPSA) is 66.5 Å². The molecular formula is C27H30Cl2N2O3S. The molecule has 8 heteroatoms. The van der Waals surface area contributed by atoms with Crippen molar-refractivity contribution in [2.24, 2.45) is 0 Å². The van der Waals surface area contributed by atoms with Gasteiger partial charge in [0.05, 0.1) is 34.6 Å². The van der Waals surface area contributed by atoms with Crippen molar-refractivity contribution >= 4 is 44.8 Å². The summed E-state index contributed by atoms with van der Waals surface area (Å²) in [5, 5.41) is 3.45. The van der Waals surface area contributed by atoms with Crippen LogP contribution >= 0.6 is 23.2 Å². The van der Waals surface area contributed by atoms with Gasteiger partial charge in [0, 0.05) is 5.56 Å². The molecule has 0 aromatic heterocycles. The fourth-order valence-corrected chi connectivity index (χ4v) is 4.97. The monoisotopic (exact) mass is 532 g/mol. The minimum absolute atomic E-state index is 0.0529. The molecule has 0 aliphatic carbocycles. The first-order chi connectivity index (χ1) is 16.3. The number of rotatable bonds is 7. The van der Waals surface area contributed by atoms with Gasteiger partial charge in [0.25, 0.3) is 5.91 Å². The number of benzene rings is 3. The standard InChI is InChI=1S/C27H30Cl2N2O3S/c1-18(20-13-15-22(16-14-20)27(2,3)4)30-26(32)21-11-9-19(10-12-21)17-31(35(5,33)34)24-8-6-7-23(28)25(24)29/h6-16,18H,17H2,1-5H3,(H,30,32)/t18-/m0/s1. The van der Waals surface area contributed by atoms with Gasteiger partial charge in [-0.25, -0.2) is 8.42 Å². The van der Waals surface area contributed by atoms with Crippen molar-refractivity contribution in [2.75, 3.05) is 10.6 Å². The Morgan fingerprint density at radius 3 is 2.11 bits per heavy atom. The molecule has 0 saturated heterocycles. The first kappa shape index (κ1) is 27.1. The lowest BCUT2D eigenvalue weighted by molar-refractivity contribution is 0.0940. The summed E-state index contributed by atoms with van der Waals surface area (Å²) in [5.41, 5.74) is 3.81. The summed E-state index contributed by atoms with van der Waals surface area (Å²) in [6.07, 6.45) is 1.11. The largest absolute Gasteiger partial charge is 0.346 e. The second-order valence-corrected chi connectivity index (χ2v) is 12.3. The van der Waals surface area contributed by atoms with Gasteiger partial charge in [-0.3, -0.25) is 9.10 Å². The average Bonchev–Trinajstić information content (AvgIpc) is 2.78. The van der Waals surface area contributed by atoms with E-state index in [1.54, 1.807) is 42.5 Å². The SMILES string of the molecule is C[C@H](NC(=O)c1ccc(CN(c2cccc(Cl)c2Cl)S(C)(=O)=O)cc1)c1ccc(C(C)(C)C)cc1. The number of anilines is 1. The van der Waals surface area contributed by atoms with Crippen LogP contribution in [0.2, 0.25) is 10.0 Å². The molecule has 0 spiro atoms. The van der Waals surface area contributed by atoms with Gasteiger partial charge in [-0.15, -0.1) is 0 Å². The summed E-state index contributed by atoms with van der Waals surface area (Å²) in [6.45, 7) is 8.48. The quantitative estimate of drug-likeness (QED) is 0.366. The van der Waals surface area contributed by atoms with Gasteiger partial charge in [0.15, 0.2) is 0 Å². The fourth-order valence-electron chi connectivity index (χ4n) is 3.63. The minimum atomic E-state index is -3.63. The van der Waals surface area contributed by atoms with E-state index in [1.807, 2.05) is 19.1 Å². The van der Waals surface area contributed by atoms with Gasteiger partial charge in [0.2, 0.25) is 10.0 Å². The van der Waals surface area contributed by atoms with Crippen molar-refractivity contribution in [3.8, 4) is 0 Å². The number of sulfonamides is 1. The van der Waals surface area contributed by atoms with Crippen molar-refractivity contribution in [1.29, 1.82) is 0 Å². The molecule has 0 fully saturated rings. The number of hydrogen-bond donors (Lipinski definition) is 1. The van der Waals surface area contributed by atoms with Crippen molar-refractivity contribution < 1.29 is 13.2 Å². The molecule has 0 heterocycles. The van der Waals surface area contributed by atoms with Gasteiger partial charge in [-0.05, 0) is 53.3 Å². The molecule has 0 radical (unpaired) electrons. The number of nitrogens with one attached hydrogen (secondary N) is 1. The molecule has 0 bridgehead atoms. The second kappa shape index (κ2) is 10.6. The molecule has 0 unspecified atom stereocenters. The number of nitrogens with zero attached hydrogens (tertiary/aromatic N) is 1. The highest BCUT2D eigenvalue weighted by Crippen LogP contribution is 2.34. The molecule has 1 atom stereocenters. The highest BCUT2D eigenvalue weighted by atomic mass is 35.5. The molecule has 0 aliphatic heterocycles. The fraction of sp³-hybridized carbons (Fsp3) is 0.296. The molecular weight excluding hydrogens is 503 g/mol. The zero-order chi connectivity index (χ0) is 26.0. The zero-order valence-electron chi connectivity index (χ0n) is 20.5.